The molecule has 5 rings (SSSR count). The van der Waals surface area contributed by atoms with E-state index >= 15 is 0 Å². The van der Waals surface area contributed by atoms with Gasteiger partial charge < -0.3 is 24.7 Å². The highest BCUT2D eigenvalue weighted by Gasteiger charge is 2.65. The number of likely N-dealkylation sites (tertiary alicyclic amines) is 1. The van der Waals surface area contributed by atoms with Crippen LogP contribution in [0.15, 0.2) is 36.4 Å². The van der Waals surface area contributed by atoms with Gasteiger partial charge in [0.15, 0.2) is 11.5 Å². The van der Waals surface area contributed by atoms with Crippen LogP contribution in [0.3, 0.4) is 0 Å². The first-order chi connectivity index (χ1) is 17.9. The Morgan fingerprint density at radius 1 is 1.18 bits per heavy atom. The summed E-state index contributed by atoms with van der Waals surface area (Å²) in [4.78, 5) is 16.8. The number of alkyl halides is 3. The molecule has 2 aromatic rings. The molecule has 1 saturated heterocycles. The average molecular weight is 529 g/mol. The molecule has 2 aliphatic carbocycles. The Labute approximate surface area is 220 Å². The van der Waals surface area contributed by atoms with Crippen LogP contribution in [0.1, 0.15) is 47.9 Å². The first-order valence-corrected chi connectivity index (χ1v) is 12.7. The predicted octanol–water partition coefficient (Wildman–Crippen LogP) is 3.71. The summed E-state index contributed by atoms with van der Waals surface area (Å²) in [6.45, 7) is 0.753. The molecular weight excluding hydrogens is 497 g/mol. The fourth-order valence-electron chi connectivity index (χ4n) is 6.94. The highest BCUT2D eigenvalue weighted by Crippen LogP contribution is 2.61. The van der Waals surface area contributed by atoms with Crippen LogP contribution in [-0.4, -0.2) is 71.4 Å². The van der Waals surface area contributed by atoms with Gasteiger partial charge in [0.1, 0.15) is 0 Å². The summed E-state index contributed by atoms with van der Waals surface area (Å²) in [6.07, 6.45) is -1.64. The molecule has 1 amide bonds. The lowest BCUT2D eigenvalue weighted by atomic mass is 9.48. The van der Waals surface area contributed by atoms with Crippen molar-refractivity contribution in [2.45, 2.75) is 61.4 Å². The molecule has 2 N–H and O–H groups in total. The molecule has 38 heavy (non-hydrogen) atoms. The number of methoxy groups -OCH3 is 1. The van der Waals surface area contributed by atoms with Crippen molar-refractivity contribution in [1.29, 1.82) is 0 Å². The van der Waals surface area contributed by atoms with E-state index < -0.39 is 28.7 Å². The van der Waals surface area contributed by atoms with Crippen LogP contribution in [0, 0.1) is 11.8 Å². The van der Waals surface area contributed by atoms with Crippen LogP contribution in [0.5, 0.6) is 11.5 Å². The van der Waals surface area contributed by atoms with Gasteiger partial charge in [-0.3, -0.25) is 4.79 Å². The van der Waals surface area contributed by atoms with Crippen LogP contribution in [0.4, 0.5) is 13.2 Å². The van der Waals surface area contributed by atoms with Crippen LogP contribution in [0.2, 0.25) is 0 Å². The van der Waals surface area contributed by atoms with Crippen molar-refractivity contribution < 1.29 is 32.9 Å². The van der Waals surface area contributed by atoms with Gasteiger partial charge in [-0.15, -0.1) is 0 Å². The van der Waals surface area contributed by atoms with Gasteiger partial charge in [0.2, 0.25) is 0 Å². The number of halogens is 3. The maximum absolute atomic E-state index is 13.1. The number of phenolic OH excluding ortho intramolecular Hbond substituents is 1. The van der Waals surface area contributed by atoms with Gasteiger partial charge in [0, 0.05) is 41.6 Å². The van der Waals surface area contributed by atoms with Crippen molar-refractivity contribution in [1.82, 2.24) is 9.80 Å². The Morgan fingerprint density at radius 3 is 2.55 bits per heavy atom. The number of hydrogen-bond donors (Lipinski definition) is 2. The van der Waals surface area contributed by atoms with Crippen LogP contribution < -0.4 is 4.74 Å². The van der Waals surface area contributed by atoms with Crippen LogP contribution >= 0.6 is 0 Å². The highest BCUT2D eigenvalue weighted by molar-refractivity contribution is 5.94. The predicted molar refractivity (Wildman–Crippen MR) is 135 cm³/mol. The van der Waals surface area contributed by atoms with E-state index in [2.05, 4.69) is 16.7 Å². The number of piperidine rings is 1. The minimum atomic E-state index is -4.44. The molecule has 0 spiro atoms. The van der Waals surface area contributed by atoms with E-state index in [4.69, 9.17) is 4.74 Å². The molecule has 2 fully saturated rings. The van der Waals surface area contributed by atoms with Gasteiger partial charge in [0.25, 0.3) is 5.91 Å². The number of phenols is 1. The molecule has 9 heteroatoms. The third-order valence-electron chi connectivity index (χ3n) is 8.96. The van der Waals surface area contributed by atoms with E-state index in [1.165, 1.54) is 19.2 Å². The topological polar surface area (TPSA) is 73.2 Å². The van der Waals surface area contributed by atoms with E-state index in [1.54, 1.807) is 18.0 Å². The van der Waals surface area contributed by atoms with Crippen molar-refractivity contribution >= 4 is 5.91 Å². The first kappa shape index (κ1) is 26.4. The zero-order valence-electron chi connectivity index (χ0n) is 21.6. The molecular formula is C29H31F3N2O4. The Balaban J connectivity index is 1.45. The molecule has 0 aromatic heterocycles. The number of benzene rings is 2. The summed E-state index contributed by atoms with van der Waals surface area (Å²) < 4.78 is 44.1. The lowest BCUT2D eigenvalue weighted by Gasteiger charge is -2.64. The fourth-order valence-corrected chi connectivity index (χ4v) is 6.94. The number of hydrogen-bond acceptors (Lipinski definition) is 5. The van der Waals surface area contributed by atoms with Gasteiger partial charge in [-0.05, 0) is 81.6 Å². The molecule has 202 valence electrons. The standard InChI is InChI=1S/C29H31F3N2O4/c1-33-15-14-27-17-21(34(2)24(36)11-6-18-4-8-20(9-5-18)29(30,31)32)12-13-28(27,37)23(33)16-19-7-10-22(35)26(38-3)25(19)27/h4-5,7-10,21,23,35,37H,12-17H2,1-3H3/t21-,23+,27+,28+/m0/s1. The molecule has 1 saturated carbocycles. The number of carbonyl (C=O) groups excluding carboxylic acids is 1. The summed E-state index contributed by atoms with van der Waals surface area (Å²) in [5, 5.41) is 22.9. The molecule has 1 heterocycles. The molecule has 2 bridgehead atoms. The van der Waals surface area contributed by atoms with Crippen molar-refractivity contribution in [2.24, 2.45) is 0 Å². The SMILES string of the molecule is COc1c(O)ccc2c1[C@]13CCN(C)[C@H](C2)[C@]1(O)CC[C@H](N(C)C(=O)C#Cc1ccc(C(F)(F)F)cc1)C3. The number of fused-ring (bicyclic) bond motifs is 1. The molecule has 1 aliphatic heterocycles. The largest absolute Gasteiger partial charge is 0.504 e. The Hall–Kier alpha value is -3.22. The second-order valence-corrected chi connectivity index (χ2v) is 10.7. The third-order valence-corrected chi connectivity index (χ3v) is 8.96. The number of ether oxygens (including phenoxy) is 1. The summed E-state index contributed by atoms with van der Waals surface area (Å²) in [5.41, 5.74) is -0.381. The summed E-state index contributed by atoms with van der Waals surface area (Å²) >= 11 is 0. The maximum Gasteiger partial charge on any atom is 0.416 e. The minimum Gasteiger partial charge on any atom is -0.504 e. The molecule has 6 nitrogen and oxygen atoms in total. The quantitative estimate of drug-likeness (QED) is 0.582. The Kier molecular flexibility index (Phi) is 6.40. The lowest BCUT2D eigenvalue weighted by Crippen LogP contribution is -2.73. The Morgan fingerprint density at radius 2 is 1.89 bits per heavy atom. The second kappa shape index (κ2) is 9.21. The number of nitrogens with zero attached hydrogens (tertiary/aromatic N) is 2. The van der Waals surface area contributed by atoms with Crippen molar-refractivity contribution in [2.75, 3.05) is 27.7 Å². The number of carbonyl (C=O) groups is 1. The lowest BCUT2D eigenvalue weighted by molar-refractivity contribution is -0.173. The third kappa shape index (κ3) is 4.02. The van der Waals surface area contributed by atoms with Gasteiger partial charge in [-0.25, -0.2) is 0 Å². The molecule has 2 aromatic carbocycles. The van der Waals surface area contributed by atoms with Gasteiger partial charge in [-0.2, -0.15) is 13.2 Å². The van der Waals surface area contributed by atoms with Gasteiger partial charge in [0.05, 0.1) is 18.3 Å². The summed E-state index contributed by atoms with van der Waals surface area (Å²) in [5.74, 6) is 5.20. The van der Waals surface area contributed by atoms with Crippen molar-refractivity contribution in [3.8, 4) is 23.3 Å². The molecule has 0 unspecified atom stereocenters. The number of likely N-dealkylation sites (N-methyl/N-ethyl adjacent to an activating group) is 1. The smallest absolute Gasteiger partial charge is 0.416 e. The van der Waals surface area contributed by atoms with E-state index in [9.17, 15) is 28.2 Å². The van der Waals surface area contributed by atoms with Crippen molar-refractivity contribution in [3.05, 3.63) is 58.7 Å². The normalized spacial score (nSPS) is 28.4. The van der Waals surface area contributed by atoms with Gasteiger partial charge >= 0.3 is 6.18 Å². The van der Waals surface area contributed by atoms with Crippen LogP contribution in [-0.2, 0) is 22.8 Å². The zero-order chi connectivity index (χ0) is 27.5. The van der Waals surface area contributed by atoms with E-state index in [0.29, 0.717) is 43.4 Å². The second-order valence-electron chi connectivity index (χ2n) is 10.7. The zero-order valence-corrected chi connectivity index (χ0v) is 21.6. The minimum absolute atomic E-state index is 0.0225. The number of aromatic hydroxyl groups is 1. The molecule has 3 aliphatic rings. The Bertz CT molecular complexity index is 1320. The molecule has 4 atom stereocenters. The summed E-state index contributed by atoms with van der Waals surface area (Å²) in [7, 11) is 5.21. The van der Waals surface area contributed by atoms with E-state index in [-0.39, 0.29) is 17.8 Å². The number of rotatable bonds is 2. The van der Waals surface area contributed by atoms with Gasteiger partial charge in [-0.1, -0.05) is 12.0 Å². The van der Waals surface area contributed by atoms with E-state index in [0.717, 1.165) is 29.8 Å². The fraction of sp³-hybridized carbons (Fsp3) is 0.483. The molecule has 0 radical (unpaired) electrons. The maximum atomic E-state index is 13.1. The van der Waals surface area contributed by atoms with Crippen molar-refractivity contribution in [3.63, 3.8) is 0 Å². The van der Waals surface area contributed by atoms with E-state index in [1.807, 2.05) is 13.1 Å². The number of amides is 1. The first-order valence-electron chi connectivity index (χ1n) is 12.7. The monoisotopic (exact) mass is 528 g/mol. The average Bonchev–Trinajstić information content (AvgIpc) is 2.88. The van der Waals surface area contributed by atoms with Crippen LogP contribution in [0.25, 0.3) is 0 Å². The summed E-state index contributed by atoms with van der Waals surface area (Å²) in [6, 6.07) is 7.58. The number of aliphatic hydroxyl groups is 1. The highest BCUT2D eigenvalue weighted by atomic mass is 19.4.